The van der Waals surface area contributed by atoms with E-state index in [-0.39, 0.29) is 6.04 Å². The van der Waals surface area contributed by atoms with E-state index in [0.717, 1.165) is 19.6 Å². The molecule has 3 nitrogen and oxygen atoms in total. The Kier molecular flexibility index (Phi) is 3.57. The van der Waals surface area contributed by atoms with Gasteiger partial charge in [-0.15, -0.1) is 0 Å². The number of likely N-dealkylation sites (N-methyl/N-ethyl adjacent to an activating group) is 1. The van der Waals surface area contributed by atoms with Gasteiger partial charge in [-0.1, -0.05) is 26.0 Å². The van der Waals surface area contributed by atoms with Gasteiger partial charge in [0, 0.05) is 32.7 Å². The summed E-state index contributed by atoms with van der Waals surface area (Å²) in [6, 6.07) is 8.82. The molecule has 1 unspecified atom stereocenters. The summed E-state index contributed by atoms with van der Waals surface area (Å²) < 4.78 is 0. The number of rotatable bonds is 3. The lowest BCUT2D eigenvalue weighted by molar-refractivity contribution is 0.483. The molecule has 0 saturated carbocycles. The number of anilines is 2. The molecule has 1 heterocycles. The molecule has 17 heavy (non-hydrogen) atoms. The lowest BCUT2D eigenvalue weighted by atomic mass is 10.0. The molecule has 0 fully saturated rings. The van der Waals surface area contributed by atoms with E-state index >= 15 is 0 Å². The molecule has 3 heteroatoms. The minimum atomic E-state index is 0.242. The maximum atomic E-state index is 6.18. The highest BCUT2D eigenvalue weighted by Gasteiger charge is 2.21. The number of fused-ring (bicyclic) bond motifs is 1. The summed E-state index contributed by atoms with van der Waals surface area (Å²) in [5.74, 6) is 0.529. The van der Waals surface area contributed by atoms with E-state index in [4.69, 9.17) is 5.73 Å². The van der Waals surface area contributed by atoms with Gasteiger partial charge in [0.15, 0.2) is 0 Å². The first-order chi connectivity index (χ1) is 8.09. The molecule has 94 valence electrons. The van der Waals surface area contributed by atoms with E-state index < -0.39 is 0 Å². The Morgan fingerprint density at radius 3 is 2.47 bits per heavy atom. The number of hydrogen-bond acceptors (Lipinski definition) is 3. The van der Waals surface area contributed by atoms with Gasteiger partial charge in [0.05, 0.1) is 11.4 Å². The van der Waals surface area contributed by atoms with Crippen LogP contribution in [-0.4, -0.2) is 32.7 Å². The van der Waals surface area contributed by atoms with Crippen LogP contribution in [0.2, 0.25) is 0 Å². The van der Waals surface area contributed by atoms with Crippen LogP contribution in [0.1, 0.15) is 13.8 Å². The van der Waals surface area contributed by atoms with Crippen LogP contribution in [0.4, 0.5) is 11.4 Å². The maximum absolute atomic E-state index is 6.18. The smallest absolute Gasteiger partial charge is 0.0605 e. The van der Waals surface area contributed by atoms with Crippen molar-refractivity contribution in [1.82, 2.24) is 0 Å². The molecule has 0 aliphatic carbocycles. The Hall–Kier alpha value is -1.22. The normalized spacial score (nSPS) is 17.2. The van der Waals surface area contributed by atoms with Crippen LogP contribution < -0.4 is 15.5 Å². The Bertz CT molecular complexity index is 375. The first kappa shape index (κ1) is 12.2. The van der Waals surface area contributed by atoms with Crippen LogP contribution in [0.3, 0.4) is 0 Å². The van der Waals surface area contributed by atoms with Crippen LogP contribution in [0.5, 0.6) is 0 Å². The van der Waals surface area contributed by atoms with Crippen molar-refractivity contribution in [3.05, 3.63) is 24.3 Å². The zero-order valence-electron chi connectivity index (χ0n) is 11.1. The summed E-state index contributed by atoms with van der Waals surface area (Å²) >= 11 is 0. The molecule has 0 spiro atoms. The van der Waals surface area contributed by atoms with Crippen molar-refractivity contribution in [2.24, 2.45) is 11.7 Å². The van der Waals surface area contributed by atoms with Gasteiger partial charge in [-0.05, 0) is 18.1 Å². The zero-order valence-corrected chi connectivity index (χ0v) is 11.1. The molecule has 1 aromatic carbocycles. The highest BCUT2D eigenvalue weighted by Crippen LogP contribution is 2.31. The van der Waals surface area contributed by atoms with Crippen molar-refractivity contribution >= 4 is 11.4 Å². The summed E-state index contributed by atoms with van der Waals surface area (Å²) in [5.41, 5.74) is 8.82. The van der Waals surface area contributed by atoms with Crippen molar-refractivity contribution in [3.8, 4) is 0 Å². The third-order valence-corrected chi connectivity index (χ3v) is 3.63. The van der Waals surface area contributed by atoms with E-state index in [1.807, 2.05) is 0 Å². The Morgan fingerprint density at radius 2 is 1.82 bits per heavy atom. The second-order valence-corrected chi connectivity index (χ2v) is 5.26. The summed E-state index contributed by atoms with van der Waals surface area (Å²) in [7, 11) is 2.15. The van der Waals surface area contributed by atoms with Crippen molar-refractivity contribution in [3.63, 3.8) is 0 Å². The molecule has 2 N–H and O–H groups in total. The summed E-state index contributed by atoms with van der Waals surface area (Å²) in [5, 5.41) is 0. The molecule has 1 atom stereocenters. The molecular formula is C14H23N3. The number of nitrogens with zero attached hydrogens (tertiary/aromatic N) is 2. The van der Waals surface area contributed by atoms with Crippen molar-refractivity contribution < 1.29 is 0 Å². The zero-order chi connectivity index (χ0) is 12.4. The average Bonchev–Trinajstić information content (AvgIpc) is 2.33. The quantitative estimate of drug-likeness (QED) is 0.866. The van der Waals surface area contributed by atoms with Gasteiger partial charge in [0.25, 0.3) is 0 Å². The van der Waals surface area contributed by atoms with Crippen LogP contribution in [0.25, 0.3) is 0 Å². The second kappa shape index (κ2) is 4.96. The maximum Gasteiger partial charge on any atom is 0.0605 e. The van der Waals surface area contributed by atoms with Crippen LogP contribution in [-0.2, 0) is 0 Å². The molecule has 0 amide bonds. The molecule has 1 aliphatic rings. The van der Waals surface area contributed by atoms with Gasteiger partial charge < -0.3 is 15.5 Å². The van der Waals surface area contributed by atoms with E-state index in [9.17, 15) is 0 Å². The standard InChI is InChI=1S/C14H23N3/c1-11(2)12(15)10-17-9-8-16(3)13-6-4-5-7-14(13)17/h4-7,11-12H,8-10,15H2,1-3H3. The lowest BCUT2D eigenvalue weighted by Crippen LogP contribution is -2.46. The largest absolute Gasteiger partial charge is 0.371 e. The highest BCUT2D eigenvalue weighted by molar-refractivity contribution is 5.73. The van der Waals surface area contributed by atoms with Crippen molar-refractivity contribution in [2.45, 2.75) is 19.9 Å². The first-order valence-corrected chi connectivity index (χ1v) is 6.40. The minimum absolute atomic E-state index is 0.242. The SMILES string of the molecule is CC(C)C(N)CN1CCN(C)c2ccccc21. The predicted octanol–water partition coefficient (Wildman–Crippen LogP) is 1.93. The van der Waals surface area contributed by atoms with Gasteiger partial charge in [-0.3, -0.25) is 0 Å². The third-order valence-electron chi connectivity index (χ3n) is 3.63. The number of hydrogen-bond donors (Lipinski definition) is 1. The highest BCUT2D eigenvalue weighted by atomic mass is 15.3. The number of para-hydroxylation sites is 2. The predicted molar refractivity (Wildman–Crippen MR) is 74.7 cm³/mol. The molecule has 0 bridgehead atoms. The van der Waals surface area contributed by atoms with Crippen LogP contribution in [0, 0.1) is 5.92 Å². The minimum Gasteiger partial charge on any atom is -0.371 e. The third kappa shape index (κ3) is 2.55. The topological polar surface area (TPSA) is 32.5 Å². The van der Waals surface area contributed by atoms with Gasteiger partial charge in [-0.25, -0.2) is 0 Å². The molecule has 0 saturated heterocycles. The number of nitrogens with two attached hydrogens (primary N) is 1. The van der Waals surface area contributed by atoms with E-state index in [1.54, 1.807) is 0 Å². The fraction of sp³-hybridized carbons (Fsp3) is 0.571. The monoisotopic (exact) mass is 233 g/mol. The Morgan fingerprint density at radius 1 is 1.18 bits per heavy atom. The summed E-state index contributed by atoms with van der Waals surface area (Å²) in [6.45, 7) is 7.46. The Labute approximate surface area is 104 Å². The average molecular weight is 233 g/mol. The van der Waals surface area contributed by atoms with Gasteiger partial charge in [0.1, 0.15) is 0 Å². The summed E-state index contributed by atoms with van der Waals surface area (Å²) in [6.07, 6.45) is 0. The van der Waals surface area contributed by atoms with Gasteiger partial charge in [0.2, 0.25) is 0 Å². The summed E-state index contributed by atoms with van der Waals surface area (Å²) in [4.78, 5) is 4.73. The first-order valence-electron chi connectivity index (χ1n) is 6.40. The molecular weight excluding hydrogens is 210 g/mol. The van der Waals surface area contributed by atoms with Crippen molar-refractivity contribution in [2.75, 3.05) is 36.5 Å². The van der Waals surface area contributed by atoms with E-state index in [0.29, 0.717) is 5.92 Å². The second-order valence-electron chi connectivity index (χ2n) is 5.26. The molecule has 1 aliphatic heterocycles. The number of benzene rings is 1. The molecule has 0 aromatic heterocycles. The molecule has 2 rings (SSSR count). The fourth-order valence-corrected chi connectivity index (χ4v) is 2.22. The van der Waals surface area contributed by atoms with Crippen LogP contribution >= 0.6 is 0 Å². The molecule has 1 aromatic rings. The fourth-order valence-electron chi connectivity index (χ4n) is 2.22. The van der Waals surface area contributed by atoms with E-state index in [1.165, 1.54) is 11.4 Å². The molecule has 0 radical (unpaired) electrons. The van der Waals surface area contributed by atoms with Gasteiger partial charge >= 0.3 is 0 Å². The van der Waals surface area contributed by atoms with Crippen LogP contribution in [0.15, 0.2) is 24.3 Å². The van der Waals surface area contributed by atoms with Gasteiger partial charge in [-0.2, -0.15) is 0 Å². The van der Waals surface area contributed by atoms with Crippen molar-refractivity contribution in [1.29, 1.82) is 0 Å². The Balaban J connectivity index is 2.18. The van der Waals surface area contributed by atoms with E-state index in [2.05, 4.69) is 55.0 Å². The lowest BCUT2D eigenvalue weighted by Gasteiger charge is -2.38.